The van der Waals surface area contributed by atoms with Gasteiger partial charge in [-0.3, -0.25) is 4.79 Å². The topological polar surface area (TPSA) is 64.3 Å². The predicted molar refractivity (Wildman–Crippen MR) is 50.2 cm³/mol. The number of nitrogens with two attached hydrogens (primary N) is 1. The molecule has 1 fully saturated rings. The van der Waals surface area contributed by atoms with E-state index in [1.54, 1.807) is 0 Å². The van der Waals surface area contributed by atoms with Crippen molar-refractivity contribution < 1.29 is 9.53 Å². The molecule has 0 unspecified atom stereocenters. The van der Waals surface area contributed by atoms with E-state index >= 15 is 0 Å². The van der Waals surface area contributed by atoms with Crippen molar-refractivity contribution in [2.75, 3.05) is 19.7 Å². The van der Waals surface area contributed by atoms with Crippen LogP contribution in [0.25, 0.3) is 0 Å². The Kier molecular flexibility index (Phi) is 4.18. The van der Waals surface area contributed by atoms with Crippen LogP contribution in [0.1, 0.15) is 19.8 Å². The number of amides is 1. The number of rotatable bonds is 5. The number of carbonyl (C=O) groups excluding carboxylic acids is 1. The molecule has 1 aliphatic carbocycles. The van der Waals surface area contributed by atoms with E-state index in [0.29, 0.717) is 12.5 Å². The fraction of sp³-hybridized carbons (Fsp3) is 0.889. The van der Waals surface area contributed by atoms with Crippen LogP contribution in [0.15, 0.2) is 0 Å². The van der Waals surface area contributed by atoms with Crippen molar-refractivity contribution in [3.05, 3.63) is 0 Å². The highest BCUT2D eigenvalue weighted by Crippen LogP contribution is 2.28. The summed E-state index contributed by atoms with van der Waals surface area (Å²) in [6, 6.07) is 0. The molecule has 1 rings (SSSR count). The molecule has 4 heteroatoms. The Hall–Kier alpha value is -0.610. The van der Waals surface area contributed by atoms with Crippen molar-refractivity contribution in [2.24, 2.45) is 11.7 Å². The third-order valence-corrected chi connectivity index (χ3v) is 2.35. The monoisotopic (exact) mass is 186 g/mol. The summed E-state index contributed by atoms with van der Waals surface area (Å²) in [5.74, 6) is 0.581. The number of carbonyl (C=O) groups is 1. The lowest BCUT2D eigenvalue weighted by Crippen LogP contribution is -2.38. The zero-order valence-corrected chi connectivity index (χ0v) is 8.08. The molecule has 0 spiro atoms. The van der Waals surface area contributed by atoms with E-state index in [9.17, 15) is 4.79 Å². The molecule has 0 aromatic carbocycles. The highest BCUT2D eigenvalue weighted by molar-refractivity contribution is 5.77. The second-order valence-electron chi connectivity index (χ2n) is 3.46. The second-order valence-corrected chi connectivity index (χ2v) is 3.46. The number of nitrogens with one attached hydrogen (secondary N) is 1. The average molecular weight is 186 g/mol. The third-order valence-electron chi connectivity index (χ3n) is 2.35. The van der Waals surface area contributed by atoms with Crippen LogP contribution >= 0.6 is 0 Å². The van der Waals surface area contributed by atoms with Gasteiger partial charge in [0.15, 0.2) is 0 Å². The van der Waals surface area contributed by atoms with E-state index in [1.165, 1.54) is 0 Å². The van der Waals surface area contributed by atoms with Gasteiger partial charge in [0, 0.05) is 6.54 Å². The molecule has 0 heterocycles. The van der Waals surface area contributed by atoms with E-state index in [-0.39, 0.29) is 18.6 Å². The van der Waals surface area contributed by atoms with Crippen LogP contribution in [0.4, 0.5) is 0 Å². The van der Waals surface area contributed by atoms with Gasteiger partial charge in [-0.2, -0.15) is 0 Å². The second kappa shape index (κ2) is 5.19. The first-order valence-corrected chi connectivity index (χ1v) is 4.84. The first kappa shape index (κ1) is 10.5. The molecule has 0 aromatic rings. The summed E-state index contributed by atoms with van der Waals surface area (Å²) in [5.41, 5.74) is 5.46. The van der Waals surface area contributed by atoms with Gasteiger partial charge in [0.25, 0.3) is 0 Å². The highest BCUT2D eigenvalue weighted by Gasteiger charge is 2.28. The molecular weight excluding hydrogens is 168 g/mol. The van der Waals surface area contributed by atoms with E-state index in [4.69, 9.17) is 10.5 Å². The first-order chi connectivity index (χ1) is 6.26. The minimum absolute atomic E-state index is 0.0290. The molecule has 1 amide bonds. The molecule has 76 valence electrons. The molecule has 0 atom stereocenters. The Morgan fingerprint density at radius 2 is 2.31 bits per heavy atom. The standard InChI is InChI=1S/C9H18N2O2/c1-2-11-9(12)6-13-8-3-7(4-8)5-10/h7-8H,2-6,10H2,1H3,(H,11,12). The molecule has 0 radical (unpaired) electrons. The van der Waals surface area contributed by atoms with Gasteiger partial charge in [-0.25, -0.2) is 0 Å². The van der Waals surface area contributed by atoms with Gasteiger partial charge in [0.2, 0.25) is 5.91 Å². The quantitative estimate of drug-likeness (QED) is 0.629. The van der Waals surface area contributed by atoms with E-state index in [0.717, 1.165) is 19.4 Å². The minimum Gasteiger partial charge on any atom is -0.368 e. The fourth-order valence-electron chi connectivity index (χ4n) is 1.44. The molecule has 0 aromatic heterocycles. The summed E-state index contributed by atoms with van der Waals surface area (Å²) >= 11 is 0. The van der Waals surface area contributed by atoms with Crippen LogP contribution < -0.4 is 11.1 Å². The molecule has 3 N–H and O–H groups in total. The van der Waals surface area contributed by atoms with Crippen LogP contribution in [0, 0.1) is 5.92 Å². The summed E-state index contributed by atoms with van der Waals surface area (Å²) in [4.78, 5) is 11.0. The molecule has 0 bridgehead atoms. The van der Waals surface area contributed by atoms with Crippen LogP contribution in [0.3, 0.4) is 0 Å². The Morgan fingerprint density at radius 1 is 1.62 bits per heavy atom. The Balaban J connectivity index is 1.98. The number of hydrogen-bond acceptors (Lipinski definition) is 3. The molecule has 0 aliphatic heterocycles. The molecule has 0 saturated heterocycles. The van der Waals surface area contributed by atoms with Crippen molar-refractivity contribution >= 4 is 5.91 Å². The van der Waals surface area contributed by atoms with Gasteiger partial charge < -0.3 is 15.8 Å². The number of likely N-dealkylation sites (N-methyl/N-ethyl adjacent to an activating group) is 1. The molecule has 1 aliphatic rings. The maximum absolute atomic E-state index is 11.0. The lowest BCUT2D eigenvalue weighted by atomic mass is 9.82. The van der Waals surface area contributed by atoms with Crippen LogP contribution in [0.2, 0.25) is 0 Å². The Morgan fingerprint density at radius 3 is 2.85 bits per heavy atom. The van der Waals surface area contributed by atoms with Crippen molar-refractivity contribution in [3.8, 4) is 0 Å². The maximum Gasteiger partial charge on any atom is 0.246 e. The lowest BCUT2D eigenvalue weighted by molar-refractivity contribution is -0.130. The molecular formula is C9H18N2O2. The smallest absolute Gasteiger partial charge is 0.246 e. The molecule has 1 saturated carbocycles. The van der Waals surface area contributed by atoms with E-state index < -0.39 is 0 Å². The summed E-state index contributed by atoms with van der Waals surface area (Å²) in [5, 5.41) is 2.69. The normalized spacial score (nSPS) is 26.6. The minimum atomic E-state index is -0.0290. The van der Waals surface area contributed by atoms with Gasteiger partial charge in [0.1, 0.15) is 6.61 Å². The van der Waals surface area contributed by atoms with Crippen LogP contribution in [-0.4, -0.2) is 31.7 Å². The number of ether oxygens (including phenoxy) is 1. The van der Waals surface area contributed by atoms with Crippen molar-refractivity contribution in [1.82, 2.24) is 5.32 Å². The van der Waals surface area contributed by atoms with Crippen LogP contribution in [-0.2, 0) is 9.53 Å². The van der Waals surface area contributed by atoms with Gasteiger partial charge in [0.05, 0.1) is 6.10 Å². The van der Waals surface area contributed by atoms with Gasteiger partial charge in [-0.05, 0) is 32.2 Å². The summed E-state index contributed by atoms with van der Waals surface area (Å²) in [6.07, 6.45) is 2.28. The first-order valence-electron chi connectivity index (χ1n) is 4.84. The van der Waals surface area contributed by atoms with Crippen LogP contribution in [0.5, 0.6) is 0 Å². The van der Waals surface area contributed by atoms with Crippen molar-refractivity contribution in [3.63, 3.8) is 0 Å². The van der Waals surface area contributed by atoms with Gasteiger partial charge >= 0.3 is 0 Å². The van der Waals surface area contributed by atoms with Crippen molar-refractivity contribution in [2.45, 2.75) is 25.9 Å². The zero-order chi connectivity index (χ0) is 9.68. The fourth-order valence-corrected chi connectivity index (χ4v) is 1.44. The molecule has 13 heavy (non-hydrogen) atoms. The highest BCUT2D eigenvalue weighted by atomic mass is 16.5. The predicted octanol–water partition coefficient (Wildman–Crippen LogP) is -0.124. The Labute approximate surface area is 78.8 Å². The van der Waals surface area contributed by atoms with Crippen molar-refractivity contribution in [1.29, 1.82) is 0 Å². The lowest BCUT2D eigenvalue weighted by Gasteiger charge is -2.33. The summed E-state index contributed by atoms with van der Waals surface area (Å²) in [7, 11) is 0. The van der Waals surface area contributed by atoms with E-state index in [2.05, 4.69) is 5.32 Å². The van der Waals surface area contributed by atoms with E-state index in [1.807, 2.05) is 6.92 Å². The largest absolute Gasteiger partial charge is 0.368 e. The Bertz CT molecular complexity index is 167. The van der Waals surface area contributed by atoms with Gasteiger partial charge in [-0.1, -0.05) is 0 Å². The summed E-state index contributed by atoms with van der Waals surface area (Å²) in [6.45, 7) is 3.49. The van der Waals surface area contributed by atoms with Gasteiger partial charge in [-0.15, -0.1) is 0 Å². The third kappa shape index (κ3) is 3.32. The zero-order valence-electron chi connectivity index (χ0n) is 8.08. The maximum atomic E-state index is 11.0. The molecule has 4 nitrogen and oxygen atoms in total. The number of hydrogen-bond donors (Lipinski definition) is 2. The SMILES string of the molecule is CCNC(=O)COC1CC(CN)C1. The summed E-state index contributed by atoms with van der Waals surface area (Å²) < 4.78 is 5.36. The average Bonchev–Trinajstić information content (AvgIpc) is 2.02.